The Morgan fingerprint density at radius 1 is 1.14 bits per heavy atom. The molecule has 112 valence electrons. The van der Waals surface area contributed by atoms with Gasteiger partial charge in [-0.2, -0.15) is 0 Å². The fourth-order valence-electron chi connectivity index (χ4n) is 3.37. The molecule has 0 saturated carbocycles. The molecule has 0 unspecified atom stereocenters. The van der Waals surface area contributed by atoms with Crippen molar-refractivity contribution in [2.75, 3.05) is 13.1 Å². The summed E-state index contributed by atoms with van der Waals surface area (Å²) < 4.78 is 27.7. The van der Waals surface area contributed by atoms with Gasteiger partial charge >= 0.3 is 0 Å². The van der Waals surface area contributed by atoms with E-state index in [1.165, 1.54) is 18.2 Å². The summed E-state index contributed by atoms with van der Waals surface area (Å²) in [5.74, 6) is -1.06. The number of rotatable bonds is 2. The number of nitrogens with zero attached hydrogens (tertiary/aromatic N) is 1. The highest BCUT2D eigenvalue weighted by atomic mass is 19.1. The van der Waals surface area contributed by atoms with Gasteiger partial charge in [-0.15, -0.1) is 0 Å². The van der Waals surface area contributed by atoms with Crippen LogP contribution in [-0.2, 0) is 4.79 Å². The van der Waals surface area contributed by atoms with Gasteiger partial charge in [-0.3, -0.25) is 4.79 Å². The number of benzene rings is 1. The van der Waals surface area contributed by atoms with Crippen molar-refractivity contribution >= 4 is 5.91 Å². The van der Waals surface area contributed by atoms with E-state index in [4.69, 9.17) is 0 Å². The second-order valence-corrected chi connectivity index (χ2v) is 5.89. The van der Waals surface area contributed by atoms with E-state index < -0.39 is 11.6 Å². The quantitative estimate of drug-likeness (QED) is 0.762. The van der Waals surface area contributed by atoms with Gasteiger partial charge in [-0.05, 0) is 37.8 Å². The summed E-state index contributed by atoms with van der Waals surface area (Å²) in [6.07, 6.45) is 7.39. The molecule has 2 atom stereocenters. The lowest BCUT2D eigenvalue weighted by Gasteiger charge is -2.24. The molecule has 3 rings (SSSR count). The number of halogens is 2. The van der Waals surface area contributed by atoms with E-state index in [1.54, 1.807) is 4.90 Å². The van der Waals surface area contributed by atoms with Crippen LogP contribution in [0.25, 0.3) is 0 Å². The van der Waals surface area contributed by atoms with E-state index in [2.05, 4.69) is 12.2 Å². The average molecular weight is 291 g/mol. The first-order valence-electron chi connectivity index (χ1n) is 7.54. The van der Waals surface area contributed by atoms with E-state index in [1.807, 2.05) is 0 Å². The van der Waals surface area contributed by atoms with Crippen LogP contribution >= 0.6 is 0 Å². The van der Waals surface area contributed by atoms with Gasteiger partial charge in [0.25, 0.3) is 0 Å². The highest BCUT2D eigenvalue weighted by Crippen LogP contribution is 2.32. The van der Waals surface area contributed by atoms with Crippen molar-refractivity contribution in [3.8, 4) is 0 Å². The molecule has 1 fully saturated rings. The molecule has 4 heteroatoms. The van der Waals surface area contributed by atoms with Crippen molar-refractivity contribution in [2.45, 2.75) is 31.6 Å². The van der Waals surface area contributed by atoms with Crippen LogP contribution in [0.2, 0.25) is 0 Å². The Morgan fingerprint density at radius 3 is 2.57 bits per heavy atom. The van der Waals surface area contributed by atoms with Crippen LogP contribution in [0.15, 0.2) is 30.4 Å². The highest BCUT2D eigenvalue weighted by molar-refractivity contribution is 5.79. The summed E-state index contributed by atoms with van der Waals surface area (Å²) in [5.41, 5.74) is 0.135. The highest BCUT2D eigenvalue weighted by Gasteiger charge is 2.33. The van der Waals surface area contributed by atoms with E-state index in [0.29, 0.717) is 19.5 Å². The predicted molar refractivity (Wildman–Crippen MR) is 76.8 cm³/mol. The lowest BCUT2D eigenvalue weighted by atomic mass is 9.93. The number of amides is 1. The van der Waals surface area contributed by atoms with Gasteiger partial charge in [-0.25, -0.2) is 8.78 Å². The van der Waals surface area contributed by atoms with Gasteiger partial charge < -0.3 is 4.90 Å². The Hall–Kier alpha value is -1.71. The SMILES string of the molecule is O=C([C@H]1CC=CCC1)N1CC[C@H](c2c(F)cccc2F)C1. The minimum atomic E-state index is -0.505. The zero-order valence-corrected chi connectivity index (χ0v) is 11.9. The normalized spacial score (nSPS) is 25.3. The summed E-state index contributed by atoms with van der Waals surface area (Å²) >= 11 is 0. The van der Waals surface area contributed by atoms with Gasteiger partial charge in [0.15, 0.2) is 0 Å². The number of allylic oxidation sites excluding steroid dienone is 2. The monoisotopic (exact) mass is 291 g/mol. The smallest absolute Gasteiger partial charge is 0.226 e. The largest absolute Gasteiger partial charge is 0.342 e. The average Bonchev–Trinajstić information content (AvgIpc) is 2.97. The van der Waals surface area contributed by atoms with E-state index in [9.17, 15) is 13.6 Å². The van der Waals surface area contributed by atoms with Crippen molar-refractivity contribution in [1.82, 2.24) is 4.90 Å². The number of carbonyl (C=O) groups excluding carboxylic acids is 1. The Labute approximate surface area is 123 Å². The molecule has 0 radical (unpaired) electrons. The summed E-state index contributed by atoms with van der Waals surface area (Å²) in [7, 11) is 0. The first-order chi connectivity index (χ1) is 10.2. The van der Waals surface area contributed by atoms with Crippen molar-refractivity contribution in [2.24, 2.45) is 5.92 Å². The third-order valence-corrected chi connectivity index (χ3v) is 4.53. The van der Waals surface area contributed by atoms with Gasteiger partial charge in [0.2, 0.25) is 5.91 Å². The van der Waals surface area contributed by atoms with E-state index in [0.717, 1.165) is 19.3 Å². The van der Waals surface area contributed by atoms with Crippen LogP contribution in [0.4, 0.5) is 8.78 Å². The molecule has 1 aliphatic carbocycles. The Bertz CT molecular complexity index is 550. The maximum atomic E-state index is 13.8. The van der Waals surface area contributed by atoms with E-state index >= 15 is 0 Å². The first kappa shape index (κ1) is 14.2. The maximum Gasteiger partial charge on any atom is 0.226 e. The Balaban J connectivity index is 1.70. The lowest BCUT2D eigenvalue weighted by molar-refractivity contribution is -0.134. The molecule has 1 saturated heterocycles. The number of hydrogen-bond donors (Lipinski definition) is 0. The van der Waals surface area contributed by atoms with E-state index in [-0.39, 0.29) is 23.3 Å². The molecule has 1 aliphatic heterocycles. The number of carbonyl (C=O) groups is 1. The summed E-state index contributed by atoms with van der Waals surface area (Å²) in [4.78, 5) is 14.2. The molecule has 1 amide bonds. The van der Waals surface area contributed by atoms with Crippen molar-refractivity contribution in [3.63, 3.8) is 0 Å². The van der Waals surface area contributed by atoms with Crippen LogP contribution in [0.5, 0.6) is 0 Å². The van der Waals surface area contributed by atoms with Gasteiger partial charge in [0.05, 0.1) is 0 Å². The molecular weight excluding hydrogens is 272 g/mol. The van der Waals surface area contributed by atoms with Crippen molar-refractivity contribution in [1.29, 1.82) is 0 Å². The van der Waals surface area contributed by atoms with Crippen LogP contribution in [0, 0.1) is 17.6 Å². The molecule has 0 bridgehead atoms. The summed E-state index contributed by atoms with van der Waals surface area (Å²) in [5, 5.41) is 0. The molecular formula is C17H19F2NO. The summed E-state index contributed by atoms with van der Waals surface area (Å²) in [6, 6.07) is 3.95. The lowest BCUT2D eigenvalue weighted by Crippen LogP contribution is -2.34. The third-order valence-electron chi connectivity index (χ3n) is 4.53. The minimum Gasteiger partial charge on any atom is -0.342 e. The molecule has 2 nitrogen and oxygen atoms in total. The van der Waals surface area contributed by atoms with Gasteiger partial charge in [-0.1, -0.05) is 18.2 Å². The van der Waals surface area contributed by atoms with Crippen LogP contribution in [-0.4, -0.2) is 23.9 Å². The second kappa shape index (κ2) is 5.96. The summed E-state index contributed by atoms with van der Waals surface area (Å²) in [6.45, 7) is 1.02. The molecule has 1 aromatic rings. The van der Waals surface area contributed by atoms with Crippen LogP contribution < -0.4 is 0 Å². The van der Waals surface area contributed by atoms with Gasteiger partial charge in [0, 0.05) is 30.5 Å². The molecule has 2 aliphatic rings. The van der Waals surface area contributed by atoms with Crippen LogP contribution in [0.1, 0.15) is 37.2 Å². The molecule has 0 aromatic heterocycles. The second-order valence-electron chi connectivity index (χ2n) is 5.89. The molecule has 21 heavy (non-hydrogen) atoms. The fourth-order valence-corrected chi connectivity index (χ4v) is 3.37. The Morgan fingerprint density at radius 2 is 1.90 bits per heavy atom. The van der Waals surface area contributed by atoms with Crippen molar-refractivity contribution in [3.05, 3.63) is 47.5 Å². The molecule has 0 spiro atoms. The topological polar surface area (TPSA) is 20.3 Å². The minimum absolute atomic E-state index is 0.0409. The number of hydrogen-bond acceptors (Lipinski definition) is 1. The van der Waals surface area contributed by atoms with Crippen LogP contribution in [0.3, 0.4) is 0 Å². The fraction of sp³-hybridized carbons (Fsp3) is 0.471. The zero-order chi connectivity index (χ0) is 14.8. The molecule has 1 heterocycles. The maximum absolute atomic E-state index is 13.8. The first-order valence-corrected chi connectivity index (χ1v) is 7.54. The number of likely N-dealkylation sites (tertiary alicyclic amines) is 1. The van der Waals surface area contributed by atoms with Gasteiger partial charge in [0.1, 0.15) is 11.6 Å². The standard InChI is InChI=1S/C17H19F2NO/c18-14-7-4-8-15(19)16(14)13-9-10-20(11-13)17(21)12-5-2-1-3-6-12/h1-2,4,7-8,12-13H,3,5-6,9-11H2/t12-,13-/m0/s1. The predicted octanol–water partition coefficient (Wildman–Crippen LogP) is 3.64. The Kier molecular flexibility index (Phi) is 4.04. The zero-order valence-electron chi connectivity index (χ0n) is 11.9. The molecule has 0 N–H and O–H groups in total. The molecule has 1 aromatic carbocycles. The third kappa shape index (κ3) is 2.85. The van der Waals surface area contributed by atoms with Crippen molar-refractivity contribution < 1.29 is 13.6 Å².